The van der Waals surface area contributed by atoms with Gasteiger partial charge < -0.3 is 20.1 Å². The Kier molecular flexibility index (Phi) is 7.73. The number of ether oxygens (including phenoxy) is 2. The SMILES string of the molecule is CCOc1ccccc1NC(=O)C(C)Oc1ccc(C(=O)Nc2cccc(Cl)c2C)cc1. The summed E-state index contributed by atoms with van der Waals surface area (Å²) in [5.41, 5.74) is 2.49. The van der Waals surface area contributed by atoms with Gasteiger partial charge in [-0.2, -0.15) is 0 Å². The summed E-state index contributed by atoms with van der Waals surface area (Å²) < 4.78 is 11.3. The molecular weight excluding hydrogens is 428 g/mol. The Bertz CT molecular complexity index is 1100. The highest BCUT2D eigenvalue weighted by Gasteiger charge is 2.17. The summed E-state index contributed by atoms with van der Waals surface area (Å²) in [7, 11) is 0. The molecule has 166 valence electrons. The highest BCUT2D eigenvalue weighted by atomic mass is 35.5. The number of hydrogen-bond acceptors (Lipinski definition) is 4. The molecule has 2 N–H and O–H groups in total. The van der Waals surface area contributed by atoms with Gasteiger partial charge in [-0.15, -0.1) is 0 Å². The Labute approximate surface area is 192 Å². The van der Waals surface area contributed by atoms with Gasteiger partial charge in [0.15, 0.2) is 6.10 Å². The van der Waals surface area contributed by atoms with Gasteiger partial charge in [0, 0.05) is 16.3 Å². The van der Waals surface area contributed by atoms with Gasteiger partial charge in [0.25, 0.3) is 11.8 Å². The summed E-state index contributed by atoms with van der Waals surface area (Å²) in [5, 5.41) is 6.25. The fourth-order valence-corrected chi connectivity index (χ4v) is 3.14. The van der Waals surface area contributed by atoms with Crippen LogP contribution in [0.15, 0.2) is 66.7 Å². The molecule has 3 aromatic carbocycles. The van der Waals surface area contributed by atoms with Gasteiger partial charge in [-0.25, -0.2) is 0 Å². The van der Waals surface area contributed by atoms with Crippen molar-refractivity contribution in [3.8, 4) is 11.5 Å². The average molecular weight is 453 g/mol. The zero-order valence-electron chi connectivity index (χ0n) is 18.1. The molecule has 3 rings (SSSR count). The highest BCUT2D eigenvalue weighted by Crippen LogP contribution is 2.25. The molecule has 0 bridgehead atoms. The number of rotatable bonds is 8. The van der Waals surface area contributed by atoms with E-state index < -0.39 is 6.10 Å². The molecule has 0 fully saturated rings. The zero-order chi connectivity index (χ0) is 23.1. The van der Waals surface area contributed by atoms with Crippen molar-refractivity contribution in [1.82, 2.24) is 0 Å². The van der Waals surface area contributed by atoms with Crippen LogP contribution in [0.5, 0.6) is 11.5 Å². The van der Waals surface area contributed by atoms with Crippen LogP contribution in [0.1, 0.15) is 29.8 Å². The molecular formula is C25H25ClN2O4. The fourth-order valence-electron chi connectivity index (χ4n) is 2.97. The van der Waals surface area contributed by atoms with Crippen LogP contribution in [0.4, 0.5) is 11.4 Å². The summed E-state index contributed by atoms with van der Waals surface area (Å²) in [4.78, 5) is 25.1. The first kappa shape index (κ1) is 23.2. The monoisotopic (exact) mass is 452 g/mol. The van der Waals surface area contributed by atoms with Crippen LogP contribution in [-0.2, 0) is 4.79 Å². The first-order chi connectivity index (χ1) is 15.4. The van der Waals surface area contributed by atoms with Crippen LogP contribution in [0, 0.1) is 6.92 Å². The van der Waals surface area contributed by atoms with Crippen molar-refractivity contribution in [2.45, 2.75) is 26.9 Å². The lowest BCUT2D eigenvalue weighted by molar-refractivity contribution is -0.122. The topological polar surface area (TPSA) is 76.7 Å². The number of carbonyl (C=O) groups is 2. The number of para-hydroxylation sites is 2. The van der Waals surface area contributed by atoms with Crippen LogP contribution < -0.4 is 20.1 Å². The Balaban J connectivity index is 1.60. The number of benzene rings is 3. The van der Waals surface area contributed by atoms with E-state index in [2.05, 4.69) is 10.6 Å². The van der Waals surface area contributed by atoms with Crippen LogP contribution in [0.2, 0.25) is 5.02 Å². The maximum Gasteiger partial charge on any atom is 0.265 e. The van der Waals surface area contributed by atoms with E-state index in [1.807, 2.05) is 26.0 Å². The molecule has 0 saturated carbocycles. The largest absolute Gasteiger partial charge is 0.492 e. The Hall–Kier alpha value is -3.51. The van der Waals surface area contributed by atoms with E-state index in [9.17, 15) is 9.59 Å². The van der Waals surface area contributed by atoms with E-state index in [0.29, 0.717) is 40.1 Å². The molecule has 0 aliphatic carbocycles. The molecule has 1 unspecified atom stereocenters. The van der Waals surface area contributed by atoms with Gasteiger partial charge >= 0.3 is 0 Å². The lowest BCUT2D eigenvalue weighted by Crippen LogP contribution is -2.30. The van der Waals surface area contributed by atoms with Gasteiger partial charge in [0.2, 0.25) is 0 Å². The van der Waals surface area contributed by atoms with Crippen molar-refractivity contribution in [1.29, 1.82) is 0 Å². The third-order valence-corrected chi connectivity index (χ3v) is 5.17. The molecule has 0 aliphatic heterocycles. The number of amides is 2. The molecule has 2 amide bonds. The average Bonchev–Trinajstić information content (AvgIpc) is 2.78. The van der Waals surface area contributed by atoms with Crippen molar-refractivity contribution in [3.05, 3.63) is 82.9 Å². The Morgan fingerprint density at radius 3 is 2.34 bits per heavy atom. The van der Waals surface area contributed by atoms with Gasteiger partial charge in [-0.1, -0.05) is 29.8 Å². The van der Waals surface area contributed by atoms with Gasteiger partial charge in [-0.3, -0.25) is 9.59 Å². The minimum atomic E-state index is -0.751. The first-order valence-electron chi connectivity index (χ1n) is 10.2. The molecule has 0 radical (unpaired) electrons. The normalized spacial score (nSPS) is 11.4. The summed E-state index contributed by atoms with van der Waals surface area (Å²) in [6.45, 7) is 5.87. The summed E-state index contributed by atoms with van der Waals surface area (Å²) in [6.07, 6.45) is -0.751. The second kappa shape index (κ2) is 10.7. The van der Waals surface area contributed by atoms with E-state index in [1.165, 1.54) is 0 Å². The number of nitrogens with one attached hydrogen (secondary N) is 2. The van der Waals surface area contributed by atoms with Crippen molar-refractivity contribution in [2.24, 2.45) is 0 Å². The smallest absolute Gasteiger partial charge is 0.265 e. The number of hydrogen-bond donors (Lipinski definition) is 2. The lowest BCUT2D eigenvalue weighted by atomic mass is 10.1. The van der Waals surface area contributed by atoms with E-state index in [4.69, 9.17) is 21.1 Å². The van der Waals surface area contributed by atoms with Gasteiger partial charge in [0.1, 0.15) is 11.5 Å². The van der Waals surface area contributed by atoms with E-state index in [-0.39, 0.29) is 11.8 Å². The molecule has 1 atom stereocenters. The van der Waals surface area contributed by atoms with Crippen LogP contribution in [-0.4, -0.2) is 24.5 Å². The molecule has 0 aliphatic rings. The van der Waals surface area contributed by atoms with Crippen molar-refractivity contribution >= 4 is 34.8 Å². The number of carbonyl (C=O) groups excluding carboxylic acids is 2. The van der Waals surface area contributed by atoms with E-state index in [0.717, 1.165) is 5.56 Å². The molecule has 0 heterocycles. The van der Waals surface area contributed by atoms with E-state index >= 15 is 0 Å². The van der Waals surface area contributed by atoms with Crippen LogP contribution >= 0.6 is 11.6 Å². The molecule has 0 aromatic heterocycles. The second-order valence-corrected chi connectivity index (χ2v) is 7.48. The molecule has 0 saturated heterocycles. The van der Waals surface area contributed by atoms with Crippen molar-refractivity contribution < 1.29 is 19.1 Å². The molecule has 32 heavy (non-hydrogen) atoms. The third kappa shape index (κ3) is 5.80. The Morgan fingerprint density at radius 2 is 1.62 bits per heavy atom. The van der Waals surface area contributed by atoms with Gasteiger partial charge in [-0.05, 0) is 74.9 Å². The fraction of sp³-hybridized carbons (Fsp3) is 0.200. The van der Waals surface area contributed by atoms with Gasteiger partial charge in [0.05, 0.1) is 12.3 Å². The third-order valence-electron chi connectivity index (χ3n) is 4.76. The minimum Gasteiger partial charge on any atom is -0.492 e. The van der Waals surface area contributed by atoms with Crippen LogP contribution in [0.3, 0.4) is 0 Å². The number of halogens is 1. The number of anilines is 2. The first-order valence-corrected chi connectivity index (χ1v) is 10.6. The predicted octanol–water partition coefficient (Wildman–Crippen LogP) is 5.71. The second-order valence-electron chi connectivity index (χ2n) is 7.07. The quantitative estimate of drug-likeness (QED) is 0.459. The highest BCUT2D eigenvalue weighted by molar-refractivity contribution is 6.31. The predicted molar refractivity (Wildman–Crippen MR) is 127 cm³/mol. The maximum absolute atomic E-state index is 12.5. The van der Waals surface area contributed by atoms with Crippen LogP contribution in [0.25, 0.3) is 0 Å². The standard InChI is InChI=1S/C25H25ClN2O4/c1-4-31-23-11-6-5-9-22(23)28-24(29)17(3)32-19-14-12-18(13-15-19)25(30)27-21-10-7-8-20(26)16(21)2/h5-15,17H,4H2,1-3H3,(H,27,30)(H,28,29). The van der Waals surface area contributed by atoms with Crippen molar-refractivity contribution in [2.75, 3.05) is 17.2 Å². The summed E-state index contributed by atoms with van der Waals surface area (Å²) in [6, 6.07) is 19.1. The van der Waals surface area contributed by atoms with E-state index in [1.54, 1.807) is 61.5 Å². The lowest BCUT2D eigenvalue weighted by Gasteiger charge is -2.16. The minimum absolute atomic E-state index is 0.264. The molecule has 3 aromatic rings. The Morgan fingerprint density at radius 1 is 0.938 bits per heavy atom. The molecule has 0 spiro atoms. The maximum atomic E-state index is 12.5. The van der Waals surface area contributed by atoms with Crippen molar-refractivity contribution in [3.63, 3.8) is 0 Å². The zero-order valence-corrected chi connectivity index (χ0v) is 18.9. The summed E-state index contributed by atoms with van der Waals surface area (Å²) >= 11 is 6.11. The summed E-state index contributed by atoms with van der Waals surface area (Å²) in [5.74, 6) is 0.498. The molecule has 6 nitrogen and oxygen atoms in total. The molecule has 7 heteroatoms.